The van der Waals surface area contributed by atoms with Gasteiger partial charge in [0.1, 0.15) is 5.82 Å². The summed E-state index contributed by atoms with van der Waals surface area (Å²) in [5, 5.41) is 10.0. The number of β-amino-alcohol motifs (C(OH)–C–C–N with tert-alkyl or cyclic N) is 1. The Kier molecular flexibility index (Phi) is 3.21. The average molecular weight is 273 g/mol. The van der Waals surface area contributed by atoms with Crippen molar-refractivity contribution in [2.75, 3.05) is 13.1 Å². The lowest BCUT2D eigenvalue weighted by Crippen LogP contribution is -2.65. The van der Waals surface area contributed by atoms with Gasteiger partial charge in [-0.2, -0.15) is 4.31 Å². The minimum Gasteiger partial charge on any atom is -0.387 e. The van der Waals surface area contributed by atoms with Crippen molar-refractivity contribution in [2.24, 2.45) is 5.92 Å². The van der Waals surface area contributed by atoms with E-state index < -0.39 is 21.4 Å². The van der Waals surface area contributed by atoms with E-state index in [1.807, 2.05) is 13.8 Å². The molecule has 0 amide bonds. The maximum absolute atomic E-state index is 12.8. The van der Waals surface area contributed by atoms with Gasteiger partial charge in [-0.15, -0.1) is 0 Å². The number of aliphatic hydroxyl groups is 1. The highest BCUT2D eigenvalue weighted by Gasteiger charge is 2.49. The van der Waals surface area contributed by atoms with Crippen molar-refractivity contribution in [2.45, 2.75) is 24.3 Å². The first kappa shape index (κ1) is 13.5. The molecule has 1 aromatic rings. The van der Waals surface area contributed by atoms with Crippen LogP contribution in [0.4, 0.5) is 4.39 Å². The molecule has 0 aliphatic carbocycles. The summed E-state index contributed by atoms with van der Waals surface area (Å²) in [6.07, 6.45) is 0. The smallest absolute Gasteiger partial charge is 0.243 e. The fourth-order valence-electron chi connectivity index (χ4n) is 1.86. The van der Waals surface area contributed by atoms with Crippen LogP contribution >= 0.6 is 0 Å². The van der Waals surface area contributed by atoms with Gasteiger partial charge in [0.2, 0.25) is 10.0 Å². The van der Waals surface area contributed by atoms with Gasteiger partial charge in [-0.05, 0) is 30.2 Å². The summed E-state index contributed by atoms with van der Waals surface area (Å²) in [4.78, 5) is 0.0507. The second-order valence-electron chi connectivity index (χ2n) is 4.99. The summed E-state index contributed by atoms with van der Waals surface area (Å²) < 4.78 is 38.2. The monoisotopic (exact) mass is 273 g/mol. The van der Waals surface area contributed by atoms with E-state index in [0.29, 0.717) is 0 Å². The SMILES string of the molecule is CC(C)C1(O)CN(S(=O)(=O)c2ccc(F)cc2)C1. The van der Waals surface area contributed by atoms with Crippen LogP contribution in [0.2, 0.25) is 0 Å². The lowest BCUT2D eigenvalue weighted by Gasteiger charge is -2.47. The zero-order valence-corrected chi connectivity index (χ0v) is 11.1. The van der Waals surface area contributed by atoms with Gasteiger partial charge < -0.3 is 5.11 Å². The Morgan fingerprint density at radius 3 is 2.22 bits per heavy atom. The molecule has 1 N–H and O–H groups in total. The van der Waals surface area contributed by atoms with Gasteiger partial charge in [-0.1, -0.05) is 13.8 Å². The summed E-state index contributed by atoms with van der Waals surface area (Å²) in [5.41, 5.74) is -0.951. The zero-order valence-electron chi connectivity index (χ0n) is 10.3. The minimum atomic E-state index is -3.62. The number of hydrogen-bond acceptors (Lipinski definition) is 3. The number of nitrogens with zero attached hydrogens (tertiary/aromatic N) is 1. The van der Waals surface area contributed by atoms with Crippen molar-refractivity contribution < 1.29 is 17.9 Å². The van der Waals surface area contributed by atoms with Gasteiger partial charge in [0.05, 0.1) is 10.5 Å². The van der Waals surface area contributed by atoms with Crippen molar-refractivity contribution in [3.05, 3.63) is 30.1 Å². The van der Waals surface area contributed by atoms with Crippen LogP contribution < -0.4 is 0 Å². The molecule has 0 spiro atoms. The average Bonchev–Trinajstić information content (AvgIpc) is 2.25. The molecule has 1 aromatic carbocycles. The van der Waals surface area contributed by atoms with Crippen LogP contribution in [-0.4, -0.2) is 36.5 Å². The van der Waals surface area contributed by atoms with Crippen LogP contribution in [0.3, 0.4) is 0 Å². The molecule has 1 fully saturated rings. The Labute approximate surface area is 106 Å². The van der Waals surface area contributed by atoms with Crippen LogP contribution in [0, 0.1) is 11.7 Å². The van der Waals surface area contributed by atoms with Gasteiger partial charge in [0.25, 0.3) is 0 Å². The predicted molar refractivity (Wildman–Crippen MR) is 64.9 cm³/mol. The van der Waals surface area contributed by atoms with E-state index in [-0.39, 0.29) is 23.9 Å². The van der Waals surface area contributed by atoms with Crippen molar-refractivity contribution in [1.82, 2.24) is 4.31 Å². The molecule has 4 nitrogen and oxygen atoms in total. The highest BCUT2D eigenvalue weighted by atomic mass is 32.2. The molecule has 2 rings (SSSR count). The summed E-state index contributed by atoms with van der Waals surface area (Å²) in [6, 6.07) is 4.69. The molecular formula is C12H16FNO3S. The molecule has 1 heterocycles. The maximum Gasteiger partial charge on any atom is 0.243 e. The lowest BCUT2D eigenvalue weighted by molar-refractivity contribution is -0.0932. The van der Waals surface area contributed by atoms with E-state index in [0.717, 1.165) is 12.1 Å². The normalized spacial score (nSPS) is 19.8. The number of halogens is 1. The number of hydrogen-bond donors (Lipinski definition) is 1. The number of rotatable bonds is 3. The Hall–Kier alpha value is -0.980. The van der Waals surface area contributed by atoms with Crippen molar-refractivity contribution in [1.29, 1.82) is 0 Å². The molecule has 0 saturated carbocycles. The number of sulfonamides is 1. The van der Waals surface area contributed by atoms with Crippen LogP contribution in [0.15, 0.2) is 29.2 Å². The van der Waals surface area contributed by atoms with Gasteiger partial charge in [0.15, 0.2) is 0 Å². The Bertz CT molecular complexity index is 533. The molecule has 0 aromatic heterocycles. The zero-order chi connectivity index (χ0) is 13.6. The lowest BCUT2D eigenvalue weighted by atomic mass is 9.85. The van der Waals surface area contributed by atoms with Gasteiger partial charge >= 0.3 is 0 Å². The fourth-order valence-corrected chi connectivity index (χ4v) is 3.42. The first-order chi connectivity index (χ1) is 8.25. The molecule has 0 bridgehead atoms. The second-order valence-corrected chi connectivity index (χ2v) is 6.92. The predicted octanol–water partition coefficient (Wildman–Crippen LogP) is 1.22. The molecule has 100 valence electrons. The van der Waals surface area contributed by atoms with Crippen LogP contribution in [0.25, 0.3) is 0 Å². The second kappa shape index (κ2) is 4.29. The maximum atomic E-state index is 12.8. The standard InChI is InChI=1S/C12H16FNO3S/c1-9(2)12(15)7-14(8-12)18(16,17)11-5-3-10(13)4-6-11/h3-6,9,15H,7-8H2,1-2H3. The minimum absolute atomic E-state index is 0.00262. The highest BCUT2D eigenvalue weighted by molar-refractivity contribution is 7.89. The van der Waals surface area contributed by atoms with Crippen LogP contribution in [-0.2, 0) is 10.0 Å². The third-order valence-corrected chi connectivity index (χ3v) is 5.23. The van der Waals surface area contributed by atoms with Crippen LogP contribution in [0.5, 0.6) is 0 Å². The molecule has 0 unspecified atom stereocenters. The first-order valence-electron chi connectivity index (χ1n) is 5.74. The Morgan fingerprint density at radius 2 is 1.78 bits per heavy atom. The largest absolute Gasteiger partial charge is 0.387 e. The third kappa shape index (κ3) is 2.15. The third-order valence-electron chi connectivity index (χ3n) is 3.43. The molecule has 0 radical (unpaired) electrons. The molecule has 1 aliphatic rings. The van der Waals surface area contributed by atoms with E-state index in [4.69, 9.17) is 0 Å². The van der Waals surface area contributed by atoms with Gasteiger partial charge in [-0.3, -0.25) is 0 Å². The molecule has 6 heteroatoms. The van der Waals surface area contributed by atoms with Gasteiger partial charge in [-0.25, -0.2) is 12.8 Å². The van der Waals surface area contributed by atoms with E-state index in [9.17, 15) is 17.9 Å². The Balaban J connectivity index is 2.18. The quantitative estimate of drug-likeness (QED) is 0.900. The fraction of sp³-hybridized carbons (Fsp3) is 0.500. The van der Waals surface area contributed by atoms with Crippen LogP contribution in [0.1, 0.15) is 13.8 Å². The van der Waals surface area contributed by atoms with Crippen molar-refractivity contribution >= 4 is 10.0 Å². The molecule has 1 aliphatic heterocycles. The topological polar surface area (TPSA) is 57.6 Å². The molecule has 0 atom stereocenters. The first-order valence-corrected chi connectivity index (χ1v) is 7.18. The number of benzene rings is 1. The molecule has 18 heavy (non-hydrogen) atoms. The molecule has 1 saturated heterocycles. The van der Waals surface area contributed by atoms with E-state index in [2.05, 4.69) is 0 Å². The van der Waals surface area contributed by atoms with Crippen molar-refractivity contribution in [3.63, 3.8) is 0 Å². The van der Waals surface area contributed by atoms with E-state index >= 15 is 0 Å². The molecular weight excluding hydrogens is 257 g/mol. The van der Waals surface area contributed by atoms with Crippen molar-refractivity contribution in [3.8, 4) is 0 Å². The summed E-state index contributed by atoms with van der Waals surface area (Å²) in [7, 11) is -3.62. The van der Waals surface area contributed by atoms with E-state index in [1.54, 1.807) is 0 Å². The summed E-state index contributed by atoms with van der Waals surface area (Å²) >= 11 is 0. The Morgan fingerprint density at radius 1 is 1.28 bits per heavy atom. The highest BCUT2D eigenvalue weighted by Crippen LogP contribution is 2.33. The van der Waals surface area contributed by atoms with E-state index in [1.165, 1.54) is 16.4 Å². The summed E-state index contributed by atoms with van der Waals surface area (Å²) in [6.45, 7) is 3.87. The summed E-state index contributed by atoms with van der Waals surface area (Å²) in [5.74, 6) is -0.478. The van der Waals surface area contributed by atoms with Gasteiger partial charge in [0, 0.05) is 13.1 Å².